The van der Waals surface area contributed by atoms with Gasteiger partial charge in [-0.25, -0.2) is 4.79 Å². The number of aromatic nitrogens is 3. The predicted molar refractivity (Wildman–Crippen MR) is 106 cm³/mol. The zero-order chi connectivity index (χ0) is 21.0. The molecule has 10 nitrogen and oxygen atoms in total. The van der Waals surface area contributed by atoms with Crippen molar-refractivity contribution in [2.24, 2.45) is 5.92 Å². The van der Waals surface area contributed by atoms with Crippen LogP contribution in [0.15, 0.2) is 6.33 Å². The molecule has 0 unspecified atom stereocenters. The van der Waals surface area contributed by atoms with Crippen LogP contribution in [0.4, 0.5) is 10.9 Å². The number of carbonyl (C=O) groups excluding carboxylic acids is 2. The number of hydrogen-bond donors (Lipinski definition) is 1. The number of nitrogens with zero attached hydrogens (tertiary/aromatic N) is 4. The molecule has 1 atom stereocenters. The normalized spacial score (nSPS) is 15.6. The van der Waals surface area contributed by atoms with E-state index in [1.165, 1.54) is 22.3 Å². The molecule has 1 aliphatic carbocycles. The summed E-state index contributed by atoms with van der Waals surface area (Å²) < 4.78 is 6.54. The number of rotatable bonds is 8. The topological polar surface area (TPSA) is 129 Å². The molecule has 156 valence electrons. The molecule has 3 rings (SSSR count). The first-order valence-corrected chi connectivity index (χ1v) is 10.4. The number of anilines is 1. The fraction of sp³-hybridized carbons (Fsp3) is 0.556. The Morgan fingerprint density at radius 2 is 2.28 bits per heavy atom. The molecule has 2 aromatic heterocycles. The standard InChI is InChI=1S/C18H23N5O5S/c1-3-28-17(25)15-12-7-6-11(2)9-13(12)29-16(15)20-14(24)5-4-8-22-10-19-18(21-22)23(26)27/h10-11H,3-9H2,1-2H3,(H,20,24)/t11-/m0/s1. The SMILES string of the molecule is CCOC(=O)c1c(NC(=O)CCCn2cnc([N+](=O)[O-])n2)sc2c1CC[C@H](C)C2. The van der Waals surface area contributed by atoms with Crippen molar-refractivity contribution in [3.05, 3.63) is 32.4 Å². The maximum Gasteiger partial charge on any atom is 0.490 e. The lowest BCUT2D eigenvalue weighted by atomic mass is 9.88. The van der Waals surface area contributed by atoms with Crippen LogP contribution in [0, 0.1) is 16.0 Å². The van der Waals surface area contributed by atoms with Crippen LogP contribution in [0.2, 0.25) is 0 Å². The molecule has 0 bridgehead atoms. The zero-order valence-electron chi connectivity index (χ0n) is 16.3. The number of ether oxygens (including phenoxy) is 1. The number of nitrogens with one attached hydrogen (secondary N) is 1. The molecule has 29 heavy (non-hydrogen) atoms. The maximum atomic E-state index is 12.5. The van der Waals surface area contributed by atoms with Crippen LogP contribution < -0.4 is 5.32 Å². The maximum absolute atomic E-state index is 12.5. The van der Waals surface area contributed by atoms with Gasteiger partial charge in [0.2, 0.25) is 12.2 Å². The third-order valence-electron chi connectivity index (χ3n) is 4.72. The number of aryl methyl sites for hydroxylation is 1. The molecule has 0 saturated carbocycles. The molecule has 11 heteroatoms. The molecule has 0 aliphatic heterocycles. The van der Waals surface area contributed by atoms with Crippen LogP contribution >= 0.6 is 11.3 Å². The Kier molecular flexibility index (Phi) is 6.57. The highest BCUT2D eigenvalue weighted by molar-refractivity contribution is 7.17. The van der Waals surface area contributed by atoms with Gasteiger partial charge in [-0.1, -0.05) is 11.9 Å². The molecule has 2 heterocycles. The van der Waals surface area contributed by atoms with Gasteiger partial charge in [0.25, 0.3) is 0 Å². The average molecular weight is 421 g/mol. The number of carbonyl (C=O) groups is 2. The van der Waals surface area contributed by atoms with E-state index in [9.17, 15) is 19.7 Å². The van der Waals surface area contributed by atoms with E-state index in [1.54, 1.807) is 6.92 Å². The molecular weight excluding hydrogens is 398 g/mol. The first-order chi connectivity index (χ1) is 13.9. The zero-order valence-corrected chi connectivity index (χ0v) is 17.2. The van der Waals surface area contributed by atoms with Crippen LogP contribution in [0.3, 0.4) is 0 Å². The van der Waals surface area contributed by atoms with Crippen molar-refractivity contribution < 1.29 is 19.2 Å². The van der Waals surface area contributed by atoms with Crippen LogP contribution in [0.1, 0.15) is 53.9 Å². The van der Waals surface area contributed by atoms with E-state index in [2.05, 4.69) is 22.3 Å². The second-order valence-electron chi connectivity index (χ2n) is 6.99. The van der Waals surface area contributed by atoms with E-state index in [4.69, 9.17) is 4.74 Å². The van der Waals surface area contributed by atoms with E-state index in [1.807, 2.05) is 0 Å². The summed E-state index contributed by atoms with van der Waals surface area (Å²) in [4.78, 5) is 39.5. The van der Waals surface area contributed by atoms with Gasteiger partial charge in [-0.05, 0) is 49.0 Å². The van der Waals surface area contributed by atoms with E-state index in [0.717, 1.165) is 29.7 Å². The molecule has 2 aromatic rings. The summed E-state index contributed by atoms with van der Waals surface area (Å²) in [5, 5.41) is 17.7. The largest absolute Gasteiger partial charge is 0.490 e. The van der Waals surface area contributed by atoms with Gasteiger partial charge in [0, 0.05) is 16.4 Å². The molecule has 1 aliphatic rings. The van der Waals surface area contributed by atoms with Crippen molar-refractivity contribution in [2.75, 3.05) is 11.9 Å². The number of hydrogen-bond acceptors (Lipinski definition) is 8. The molecule has 0 fully saturated rings. The molecule has 0 aromatic carbocycles. The second-order valence-corrected chi connectivity index (χ2v) is 8.10. The molecule has 0 spiro atoms. The highest BCUT2D eigenvalue weighted by Gasteiger charge is 2.29. The van der Waals surface area contributed by atoms with Gasteiger partial charge in [0.15, 0.2) is 0 Å². The van der Waals surface area contributed by atoms with Crippen LogP contribution in [-0.2, 0) is 28.9 Å². The van der Waals surface area contributed by atoms with E-state index >= 15 is 0 Å². The summed E-state index contributed by atoms with van der Waals surface area (Å²) in [6.07, 6.45) is 4.60. The highest BCUT2D eigenvalue weighted by atomic mass is 32.1. The molecule has 0 radical (unpaired) electrons. The van der Waals surface area contributed by atoms with Crippen molar-refractivity contribution in [3.8, 4) is 0 Å². The number of thiophene rings is 1. The van der Waals surface area contributed by atoms with Crippen molar-refractivity contribution in [2.45, 2.75) is 52.5 Å². The summed E-state index contributed by atoms with van der Waals surface area (Å²) in [5.41, 5.74) is 1.48. The van der Waals surface area contributed by atoms with Gasteiger partial charge in [-0.15, -0.1) is 11.3 Å². The first-order valence-electron chi connectivity index (χ1n) is 9.54. The van der Waals surface area contributed by atoms with E-state index < -0.39 is 16.8 Å². The van der Waals surface area contributed by atoms with Crippen molar-refractivity contribution in [3.63, 3.8) is 0 Å². The van der Waals surface area contributed by atoms with Gasteiger partial charge < -0.3 is 20.2 Å². The summed E-state index contributed by atoms with van der Waals surface area (Å²) in [6, 6.07) is 0. The third kappa shape index (κ3) is 4.97. The fourth-order valence-electron chi connectivity index (χ4n) is 3.32. The Morgan fingerprint density at radius 1 is 1.48 bits per heavy atom. The first kappa shape index (κ1) is 20.9. The molecule has 1 amide bonds. The van der Waals surface area contributed by atoms with Crippen LogP contribution in [0.5, 0.6) is 0 Å². The van der Waals surface area contributed by atoms with Gasteiger partial charge in [0.1, 0.15) is 5.00 Å². The number of amides is 1. The van der Waals surface area contributed by atoms with Gasteiger partial charge >= 0.3 is 11.9 Å². The lowest BCUT2D eigenvalue weighted by molar-refractivity contribution is -0.394. The van der Waals surface area contributed by atoms with Gasteiger partial charge in [0.05, 0.1) is 18.7 Å². The highest BCUT2D eigenvalue weighted by Crippen LogP contribution is 2.40. The van der Waals surface area contributed by atoms with Crippen molar-refractivity contribution >= 4 is 34.2 Å². The van der Waals surface area contributed by atoms with Gasteiger partial charge in [-0.3, -0.25) is 4.79 Å². The lowest BCUT2D eigenvalue weighted by Crippen LogP contribution is -2.17. The van der Waals surface area contributed by atoms with Gasteiger partial charge in [-0.2, -0.15) is 4.68 Å². The summed E-state index contributed by atoms with van der Waals surface area (Å²) in [7, 11) is 0. The lowest BCUT2D eigenvalue weighted by Gasteiger charge is -2.18. The van der Waals surface area contributed by atoms with E-state index in [0.29, 0.717) is 29.4 Å². The molecule has 1 N–H and O–H groups in total. The Bertz CT molecular complexity index is 922. The minimum atomic E-state index is -0.667. The summed E-state index contributed by atoms with van der Waals surface area (Å²) in [6.45, 7) is 4.54. The third-order valence-corrected chi connectivity index (χ3v) is 5.89. The Morgan fingerprint density at radius 3 is 2.97 bits per heavy atom. The van der Waals surface area contributed by atoms with Crippen LogP contribution in [-0.4, -0.2) is 38.2 Å². The fourth-order valence-corrected chi connectivity index (χ4v) is 4.74. The number of nitro groups is 1. The monoisotopic (exact) mass is 421 g/mol. The average Bonchev–Trinajstić information content (AvgIpc) is 3.26. The van der Waals surface area contributed by atoms with Crippen molar-refractivity contribution in [1.82, 2.24) is 14.8 Å². The predicted octanol–water partition coefficient (Wildman–Crippen LogP) is 2.97. The van der Waals surface area contributed by atoms with Crippen LogP contribution in [0.25, 0.3) is 0 Å². The Balaban J connectivity index is 1.64. The Labute approximate surface area is 171 Å². The number of esters is 1. The minimum Gasteiger partial charge on any atom is -0.462 e. The van der Waals surface area contributed by atoms with E-state index in [-0.39, 0.29) is 18.9 Å². The molecular formula is C18H23N5O5S. The minimum absolute atomic E-state index is 0.189. The second kappa shape index (κ2) is 9.12. The smallest absolute Gasteiger partial charge is 0.462 e. The van der Waals surface area contributed by atoms with Crippen molar-refractivity contribution in [1.29, 1.82) is 0 Å². The molecule has 0 saturated heterocycles. The Hall–Kier alpha value is -2.82. The quantitative estimate of drug-likeness (QED) is 0.394. The summed E-state index contributed by atoms with van der Waals surface area (Å²) in [5.74, 6) is -0.542. The summed E-state index contributed by atoms with van der Waals surface area (Å²) >= 11 is 1.45. The number of fused-ring (bicyclic) bond motifs is 1.